The first-order valence-corrected chi connectivity index (χ1v) is 11.2. The van der Waals surface area contributed by atoms with Crippen molar-refractivity contribution in [2.24, 2.45) is 11.3 Å². The van der Waals surface area contributed by atoms with Crippen LogP contribution in [0.15, 0.2) is 41.2 Å². The van der Waals surface area contributed by atoms with E-state index in [9.17, 15) is 9.59 Å². The molecule has 6 rings (SSSR count). The molecule has 1 saturated heterocycles. The number of piperidine rings is 1. The fourth-order valence-electron chi connectivity index (χ4n) is 5.14. The molecule has 2 N–H and O–H groups in total. The second-order valence-corrected chi connectivity index (χ2v) is 9.41. The number of rotatable bonds is 5. The molecule has 3 aromatic rings. The fraction of sp³-hybridized carbons (Fsp3) is 0.458. The summed E-state index contributed by atoms with van der Waals surface area (Å²) in [4.78, 5) is 34.5. The molecule has 2 aliphatic carbocycles. The van der Waals surface area contributed by atoms with Crippen molar-refractivity contribution in [3.8, 4) is 0 Å². The van der Waals surface area contributed by atoms with Gasteiger partial charge in [0.2, 0.25) is 0 Å². The van der Waals surface area contributed by atoms with Gasteiger partial charge in [-0.1, -0.05) is 0 Å². The van der Waals surface area contributed by atoms with E-state index < -0.39 is 0 Å². The lowest BCUT2D eigenvalue weighted by Gasteiger charge is -2.32. The molecule has 1 aliphatic heterocycles. The summed E-state index contributed by atoms with van der Waals surface area (Å²) >= 11 is 0. The third-order valence-electron chi connectivity index (χ3n) is 7.45. The summed E-state index contributed by atoms with van der Waals surface area (Å²) in [6, 6.07) is 5.63. The molecule has 3 aromatic heterocycles. The Morgan fingerprint density at radius 3 is 2.87 bits per heavy atom. The molecular formula is C24H26N4O3. The summed E-state index contributed by atoms with van der Waals surface area (Å²) in [5.74, 6) is 1.40. The summed E-state index contributed by atoms with van der Waals surface area (Å²) in [7, 11) is 0. The Morgan fingerprint density at radius 1 is 1.26 bits per heavy atom. The van der Waals surface area contributed by atoms with E-state index in [2.05, 4.69) is 15.3 Å². The SMILES string of the molecule is O=C(NCC1CC12CCN(C(=O)c1cc(C3CC3)c[nH]1)CC2)c1cc2ccncc2o1. The van der Waals surface area contributed by atoms with E-state index in [0.29, 0.717) is 29.7 Å². The van der Waals surface area contributed by atoms with Crippen molar-refractivity contribution in [1.29, 1.82) is 0 Å². The number of carbonyl (C=O) groups is 2. The molecule has 2 saturated carbocycles. The first kappa shape index (κ1) is 18.7. The van der Waals surface area contributed by atoms with Gasteiger partial charge in [-0.05, 0) is 73.1 Å². The molecule has 7 nitrogen and oxygen atoms in total. The van der Waals surface area contributed by atoms with Crippen molar-refractivity contribution in [1.82, 2.24) is 20.2 Å². The summed E-state index contributed by atoms with van der Waals surface area (Å²) in [6.45, 7) is 2.23. The van der Waals surface area contributed by atoms with E-state index in [1.165, 1.54) is 18.4 Å². The van der Waals surface area contributed by atoms with E-state index >= 15 is 0 Å². The molecule has 4 heterocycles. The standard InChI is InChI=1S/C24H26N4O3/c29-22(20-10-16-3-6-25-14-21(16)31-20)27-13-18-11-24(18)4-7-28(8-5-24)23(30)19-9-17(12-26-19)15-1-2-15/h3,6,9-10,12,14-15,18,26H,1-2,4-5,7-8,11,13H2,(H,27,29). The van der Waals surface area contributed by atoms with Crippen molar-refractivity contribution >= 4 is 22.8 Å². The fourth-order valence-corrected chi connectivity index (χ4v) is 5.14. The topological polar surface area (TPSA) is 91.2 Å². The van der Waals surface area contributed by atoms with Crippen molar-refractivity contribution in [3.05, 3.63) is 53.8 Å². The number of aromatic nitrogens is 2. The number of hydrogen-bond acceptors (Lipinski definition) is 4. The zero-order chi connectivity index (χ0) is 21.0. The van der Waals surface area contributed by atoms with Gasteiger partial charge in [-0.15, -0.1) is 0 Å². The molecular weight excluding hydrogens is 392 g/mol. The summed E-state index contributed by atoms with van der Waals surface area (Å²) in [5, 5.41) is 3.91. The first-order chi connectivity index (χ1) is 15.1. The highest BCUT2D eigenvalue weighted by molar-refractivity contribution is 5.96. The number of nitrogens with one attached hydrogen (secondary N) is 2. The second kappa shape index (κ2) is 6.97. The summed E-state index contributed by atoms with van der Waals surface area (Å²) in [5.41, 5.74) is 2.89. The minimum absolute atomic E-state index is 0.117. The Labute approximate surface area is 180 Å². The molecule has 0 radical (unpaired) electrons. The Hall–Kier alpha value is -3.09. The first-order valence-electron chi connectivity index (χ1n) is 11.2. The maximum atomic E-state index is 12.8. The number of pyridine rings is 1. The minimum Gasteiger partial charge on any atom is -0.449 e. The van der Waals surface area contributed by atoms with E-state index in [-0.39, 0.29) is 17.2 Å². The van der Waals surface area contributed by atoms with Crippen molar-refractivity contribution < 1.29 is 14.0 Å². The largest absolute Gasteiger partial charge is 0.449 e. The molecule has 7 heteroatoms. The number of fused-ring (bicyclic) bond motifs is 1. The van der Waals surface area contributed by atoms with Crippen LogP contribution in [0, 0.1) is 11.3 Å². The average molecular weight is 418 g/mol. The highest BCUT2D eigenvalue weighted by Crippen LogP contribution is 2.59. The lowest BCUT2D eigenvalue weighted by molar-refractivity contribution is 0.0663. The Bertz CT molecular complexity index is 1120. The molecule has 3 aliphatic rings. The molecule has 31 heavy (non-hydrogen) atoms. The van der Waals surface area contributed by atoms with Crippen LogP contribution in [0.4, 0.5) is 0 Å². The molecule has 0 bridgehead atoms. The van der Waals surface area contributed by atoms with Crippen LogP contribution in [0.25, 0.3) is 11.0 Å². The number of amides is 2. The van der Waals surface area contributed by atoms with Crippen LogP contribution < -0.4 is 5.32 Å². The van der Waals surface area contributed by atoms with E-state index in [4.69, 9.17) is 4.42 Å². The normalized spacial score (nSPS) is 22.1. The maximum Gasteiger partial charge on any atom is 0.287 e. The van der Waals surface area contributed by atoms with Crippen molar-refractivity contribution in [2.75, 3.05) is 19.6 Å². The third kappa shape index (κ3) is 3.42. The van der Waals surface area contributed by atoms with E-state index in [1.807, 2.05) is 23.2 Å². The van der Waals surface area contributed by atoms with Gasteiger partial charge in [-0.3, -0.25) is 14.6 Å². The quantitative estimate of drug-likeness (QED) is 0.661. The predicted octanol–water partition coefficient (Wildman–Crippen LogP) is 3.71. The Morgan fingerprint density at radius 2 is 2.10 bits per heavy atom. The lowest BCUT2D eigenvalue weighted by atomic mass is 9.90. The minimum atomic E-state index is -0.177. The number of likely N-dealkylation sites (tertiary alicyclic amines) is 1. The number of hydrogen-bond donors (Lipinski definition) is 2. The van der Waals surface area contributed by atoms with Crippen LogP contribution >= 0.6 is 0 Å². The zero-order valence-corrected chi connectivity index (χ0v) is 17.4. The summed E-state index contributed by atoms with van der Waals surface area (Å²) < 4.78 is 5.60. The van der Waals surface area contributed by atoms with Gasteiger partial charge in [-0.2, -0.15) is 0 Å². The van der Waals surface area contributed by atoms with Crippen molar-refractivity contribution in [3.63, 3.8) is 0 Å². The molecule has 0 aromatic carbocycles. The second-order valence-electron chi connectivity index (χ2n) is 9.41. The van der Waals surface area contributed by atoms with Crippen LogP contribution in [-0.2, 0) is 0 Å². The number of H-pyrrole nitrogens is 1. The number of carbonyl (C=O) groups excluding carboxylic acids is 2. The number of aromatic amines is 1. The van der Waals surface area contributed by atoms with E-state index in [0.717, 1.165) is 43.4 Å². The van der Waals surface area contributed by atoms with Gasteiger partial charge < -0.3 is 19.6 Å². The average Bonchev–Trinajstić information content (AvgIpc) is 3.64. The molecule has 1 unspecified atom stereocenters. The van der Waals surface area contributed by atoms with Gasteiger partial charge in [0.05, 0.1) is 6.20 Å². The molecule has 160 valence electrons. The van der Waals surface area contributed by atoms with Crippen LogP contribution in [0.3, 0.4) is 0 Å². The Kier molecular flexibility index (Phi) is 4.20. The molecule has 2 amide bonds. The van der Waals surface area contributed by atoms with Gasteiger partial charge >= 0.3 is 0 Å². The Balaban J connectivity index is 1.01. The monoisotopic (exact) mass is 418 g/mol. The van der Waals surface area contributed by atoms with Crippen LogP contribution in [-0.4, -0.2) is 46.3 Å². The summed E-state index contributed by atoms with van der Waals surface area (Å²) in [6.07, 6.45) is 10.9. The van der Waals surface area contributed by atoms with Crippen molar-refractivity contribution in [2.45, 2.75) is 38.0 Å². The van der Waals surface area contributed by atoms with Gasteiger partial charge in [0, 0.05) is 37.4 Å². The van der Waals surface area contributed by atoms with E-state index in [1.54, 1.807) is 18.5 Å². The maximum absolute atomic E-state index is 12.8. The number of nitrogens with zero attached hydrogens (tertiary/aromatic N) is 2. The third-order valence-corrected chi connectivity index (χ3v) is 7.45. The molecule has 1 atom stereocenters. The van der Waals surface area contributed by atoms with Gasteiger partial charge in [0.15, 0.2) is 11.3 Å². The van der Waals surface area contributed by atoms with Gasteiger partial charge in [-0.25, -0.2) is 0 Å². The highest BCUT2D eigenvalue weighted by atomic mass is 16.3. The predicted molar refractivity (Wildman–Crippen MR) is 115 cm³/mol. The van der Waals surface area contributed by atoms with Crippen LogP contribution in [0.2, 0.25) is 0 Å². The molecule has 1 spiro atoms. The highest BCUT2D eigenvalue weighted by Gasteiger charge is 2.54. The van der Waals surface area contributed by atoms with Gasteiger partial charge in [0.25, 0.3) is 11.8 Å². The van der Waals surface area contributed by atoms with Crippen LogP contribution in [0.1, 0.15) is 64.6 Å². The van der Waals surface area contributed by atoms with Gasteiger partial charge in [0.1, 0.15) is 5.69 Å². The van der Waals surface area contributed by atoms with Crippen LogP contribution in [0.5, 0.6) is 0 Å². The zero-order valence-electron chi connectivity index (χ0n) is 17.4. The number of furan rings is 1. The smallest absolute Gasteiger partial charge is 0.287 e. The molecule has 3 fully saturated rings. The lowest BCUT2D eigenvalue weighted by Crippen LogP contribution is -2.40.